The minimum Gasteiger partial charge on any atom is -0.357 e. The lowest BCUT2D eigenvalue weighted by molar-refractivity contribution is 0.410. The van der Waals surface area contributed by atoms with E-state index in [1.807, 2.05) is 16.9 Å². The first-order valence-electron chi connectivity index (χ1n) is 8.99. The number of guanidine groups is 1. The van der Waals surface area contributed by atoms with E-state index in [1.54, 1.807) is 6.20 Å². The van der Waals surface area contributed by atoms with Gasteiger partial charge in [-0.15, -0.1) is 24.0 Å². The fourth-order valence-corrected chi connectivity index (χ4v) is 3.11. The van der Waals surface area contributed by atoms with Gasteiger partial charge in [0.2, 0.25) is 0 Å². The van der Waals surface area contributed by atoms with Crippen LogP contribution in [0.15, 0.2) is 47.7 Å². The van der Waals surface area contributed by atoms with Crippen LogP contribution in [0.1, 0.15) is 44.6 Å². The molecule has 0 radical (unpaired) electrons. The Hall–Kier alpha value is -1.57. The fraction of sp³-hybridized carbons (Fsp3) is 0.474. The molecule has 1 aliphatic carbocycles. The van der Waals surface area contributed by atoms with E-state index < -0.39 is 0 Å². The molecule has 136 valence electrons. The highest BCUT2D eigenvalue weighted by atomic mass is 127. The van der Waals surface area contributed by atoms with E-state index in [0.717, 1.165) is 18.2 Å². The third-order valence-corrected chi connectivity index (χ3v) is 4.42. The van der Waals surface area contributed by atoms with E-state index in [-0.39, 0.29) is 24.0 Å². The summed E-state index contributed by atoms with van der Waals surface area (Å²) in [5.41, 5.74) is 2.27. The minimum atomic E-state index is 0. The maximum Gasteiger partial charge on any atom is 0.191 e. The molecular formula is C19H28IN5. The molecule has 0 unspecified atom stereocenters. The van der Waals surface area contributed by atoms with Crippen molar-refractivity contribution in [1.82, 2.24) is 20.4 Å². The zero-order valence-corrected chi connectivity index (χ0v) is 17.1. The van der Waals surface area contributed by atoms with Gasteiger partial charge in [0.05, 0.1) is 12.2 Å². The summed E-state index contributed by atoms with van der Waals surface area (Å²) in [6, 6.07) is 10.9. The van der Waals surface area contributed by atoms with E-state index in [1.165, 1.54) is 37.7 Å². The second-order valence-electron chi connectivity index (χ2n) is 6.29. The number of nitrogens with zero attached hydrogens (tertiary/aromatic N) is 3. The standard InChI is InChI=1S/C19H27N5.HI/c1-2-20-19(23-17-7-4-3-5-8-17)21-15-16-9-11-18(12-10-16)24-14-6-13-22-24;/h6,9-14,17H,2-5,7-8,15H2,1H3,(H2,20,21,23);1H. The first-order chi connectivity index (χ1) is 11.8. The van der Waals surface area contributed by atoms with Crippen molar-refractivity contribution in [3.63, 3.8) is 0 Å². The molecule has 2 aromatic rings. The third kappa shape index (κ3) is 6.02. The molecule has 1 heterocycles. The molecule has 1 aliphatic rings. The molecule has 0 amide bonds. The molecule has 0 aliphatic heterocycles. The van der Waals surface area contributed by atoms with Crippen molar-refractivity contribution in [2.24, 2.45) is 4.99 Å². The number of hydrogen-bond donors (Lipinski definition) is 2. The Labute approximate surface area is 167 Å². The van der Waals surface area contributed by atoms with Gasteiger partial charge in [0.1, 0.15) is 0 Å². The van der Waals surface area contributed by atoms with Gasteiger partial charge in [0.15, 0.2) is 5.96 Å². The Morgan fingerprint density at radius 1 is 1.20 bits per heavy atom. The maximum atomic E-state index is 4.74. The van der Waals surface area contributed by atoms with Gasteiger partial charge in [-0.25, -0.2) is 9.67 Å². The Balaban J connectivity index is 0.00000225. The monoisotopic (exact) mass is 453 g/mol. The number of aliphatic imine (C=N–C) groups is 1. The maximum absolute atomic E-state index is 4.74. The molecule has 0 saturated heterocycles. The summed E-state index contributed by atoms with van der Waals surface area (Å²) >= 11 is 0. The first kappa shape index (κ1) is 19.8. The highest BCUT2D eigenvalue weighted by molar-refractivity contribution is 14.0. The quantitative estimate of drug-likeness (QED) is 0.411. The molecule has 25 heavy (non-hydrogen) atoms. The SMILES string of the molecule is CCNC(=NCc1ccc(-n2cccn2)cc1)NC1CCCCC1.I. The van der Waals surface area contributed by atoms with Crippen LogP contribution in [0.25, 0.3) is 5.69 Å². The molecule has 0 spiro atoms. The van der Waals surface area contributed by atoms with E-state index in [2.05, 4.69) is 46.9 Å². The van der Waals surface area contributed by atoms with Crippen LogP contribution in [-0.4, -0.2) is 28.3 Å². The van der Waals surface area contributed by atoms with Crippen LogP contribution in [0, 0.1) is 0 Å². The molecule has 0 atom stereocenters. The number of aromatic nitrogens is 2. The molecule has 1 aromatic heterocycles. The van der Waals surface area contributed by atoms with Crippen molar-refractivity contribution in [3.05, 3.63) is 48.3 Å². The molecule has 2 N–H and O–H groups in total. The van der Waals surface area contributed by atoms with Crippen molar-refractivity contribution in [2.75, 3.05) is 6.54 Å². The van der Waals surface area contributed by atoms with Gasteiger partial charge in [-0.05, 0) is 43.5 Å². The van der Waals surface area contributed by atoms with Crippen LogP contribution >= 0.6 is 24.0 Å². The van der Waals surface area contributed by atoms with Crippen LogP contribution < -0.4 is 10.6 Å². The fourth-order valence-electron chi connectivity index (χ4n) is 3.11. The largest absolute Gasteiger partial charge is 0.357 e. The smallest absolute Gasteiger partial charge is 0.191 e. The van der Waals surface area contributed by atoms with Crippen LogP contribution in [-0.2, 0) is 6.54 Å². The van der Waals surface area contributed by atoms with E-state index in [9.17, 15) is 0 Å². The Morgan fingerprint density at radius 3 is 2.60 bits per heavy atom. The predicted octanol–water partition coefficient (Wildman–Crippen LogP) is 3.88. The van der Waals surface area contributed by atoms with Gasteiger partial charge in [-0.3, -0.25) is 0 Å². The molecule has 1 saturated carbocycles. The van der Waals surface area contributed by atoms with Crippen molar-refractivity contribution >= 4 is 29.9 Å². The van der Waals surface area contributed by atoms with Crippen molar-refractivity contribution in [3.8, 4) is 5.69 Å². The lowest BCUT2D eigenvalue weighted by Crippen LogP contribution is -2.44. The van der Waals surface area contributed by atoms with Crippen LogP contribution in [0.4, 0.5) is 0 Å². The zero-order valence-electron chi connectivity index (χ0n) is 14.8. The van der Waals surface area contributed by atoms with Gasteiger partial charge in [-0.1, -0.05) is 31.4 Å². The highest BCUT2D eigenvalue weighted by Gasteiger charge is 2.14. The number of benzene rings is 1. The molecule has 3 rings (SSSR count). The van der Waals surface area contributed by atoms with E-state index in [0.29, 0.717) is 12.6 Å². The number of rotatable bonds is 5. The Morgan fingerprint density at radius 2 is 1.96 bits per heavy atom. The third-order valence-electron chi connectivity index (χ3n) is 4.42. The second kappa shape index (κ2) is 10.4. The molecule has 1 aromatic carbocycles. The number of nitrogens with one attached hydrogen (secondary N) is 2. The van der Waals surface area contributed by atoms with Crippen molar-refractivity contribution in [2.45, 2.75) is 51.6 Å². The van der Waals surface area contributed by atoms with Crippen LogP contribution in [0.3, 0.4) is 0 Å². The van der Waals surface area contributed by atoms with E-state index >= 15 is 0 Å². The summed E-state index contributed by atoms with van der Waals surface area (Å²) in [7, 11) is 0. The minimum absolute atomic E-state index is 0. The summed E-state index contributed by atoms with van der Waals surface area (Å²) in [5.74, 6) is 0.931. The zero-order chi connectivity index (χ0) is 16.6. The normalized spacial score (nSPS) is 15.5. The average molecular weight is 453 g/mol. The lowest BCUT2D eigenvalue weighted by atomic mass is 9.96. The summed E-state index contributed by atoms with van der Waals surface area (Å²) < 4.78 is 1.86. The molecular weight excluding hydrogens is 425 g/mol. The molecule has 0 bridgehead atoms. The predicted molar refractivity (Wildman–Crippen MR) is 114 cm³/mol. The topological polar surface area (TPSA) is 54.2 Å². The lowest BCUT2D eigenvalue weighted by Gasteiger charge is -2.24. The Kier molecular flexibility index (Phi) is 8.24. The average Bonchev–Trinajstić information content (AvgIpc) is 3.16. The number of halogens is 1. The summed E-state index contributed by atoms with van der Waals surface area (Å²) in [6.45, 7) is 3.68. The summed E-state index contributed by atoms with van der Waals surface area (Å²) in [4.78, 5) is 4.74. The highest BCUT2D eigenvalue weighted by Crippen LogP contribution is 2.17. The van der Waals surface area contributed by atoms with Gasteiger partial charge in [-0.2, -0.15) is 5.10 Å². The van der Waals surface area contributed by atoms with Crippen LogP contribution in [0.5, 0.6) is 0 Å². The van der Waals surface area contributed by atoms with Crippen molar-refractivity contribution < 1.29 is 0 Å². The van der Waals surface area contributed by atoms with Gasteiger partial charge >= 0.3 is 0 Å². The summed E-state index contributed by atoms with van der Waals surface area (Å²) in [6.07, 6.45) is 10.3. The van der Waals surface area contributed by atoms with Crippen molar-refractivity contribution in [1.29, 1.82) is 0 Å². The second-order valence-corrected chi connectivity index (χ2v) is 6.29. The molecule has 6 heteroatoms. The molecule has 5 nitrogen and oxygen atoms in total. The van der Waals surface area contributed by atoms with E-state index in [4.69, 9.17) is 4.99 Å². The van der Waals surface area contributed by atoms with Gasteiger partial charge < -0.3 is 10.6 Å². The number of hydrogen-bond acceptors (Lipinski definition) is 2. The van der Waals surface area contributed by atoms with Gasteiger partial charge in [0.25, 0.3) is 0 Å². The van der Waals surface area contributed by atoms with Crippen LogP contribution in [0.2, 0.25) is 0 Å². The summed E-state index contributed by atoms with van der Waals surface area (Å²) in [5, 5.41) is 11.2. The molecule has 1 fully saturated rings. The Bertz CT molecular complexity index is 630. The van der Waals surface area contributed by atoms with Gasteiger partial charge in [0, 0.05) is 25.0 Å². The first-order valence-corrected chi connectivity index (χ1v) is 8.99.